The van der Waals surface area contributed by atoms with Crippen LogP contribution in [0.5, 0.6) is 0 Å². The highest BCUT2D eigenvalue weighted by Crippen LogP contribution is 2.38. The van der Waals surface area contributed by atoms with Crippen LogP contribution in [0.3, 0.4) is 0 Å². The lowest BCUT2D eigenvalue weighted by molar-refractivity contribution is -0.136. The molecular formula is C21H27N3O5. The second-order valence-electron chi connectivity index (χ2n) is 7.70. The molecule has 0 radical (unpaired) electrons. The summed E-state index contributed by atoms with van der Waals surface area (Å²) in [7, 11) is 0. The second kappa shape index (κ2) is 8.63. The molecule has 8 heteroatoms. The number of carbonyl (C=O) groups excluding carboxylic acids is 4. The summed E-state index contributed by atoms with van der Waals surface area (Å²) in [5, 5.41) is 5.49. The maximum atomic E-state index is 12.9. The summed E-state index contributed by atoms with van der Waals surface area (Å²) in [4.78, 5) is 50.5. The van der Waals surface area contributed by atoms with E-state index in [1.54, 1.807) is 24.3 Å². The Kier molecular flexibility index (Phi) is 6.20. The Balaban J connectivity index is 1.60. The minimum Gasteiger partial charge on any atom is -0.462 e. The van der Waals surface area contributed by atoms with Gasteiger partial charge in [0, 0.05) is 5.69 Å². The van der Waals surface area contributed by atoms with Crippen molar-refractivity contribution in [2.24, 2.45) is 5.92 Å². The van der Waals surface area contributed by atoms with Crippen molar-refractivity contribution in [3.05, 3.63) is 29.8 Å². The summed E-state index contributed by atoms with van der Waals surface area (Å²) in [6.07, 6.45) is 4.13. The molecule has 1 saturated carbocycles. The number of urea groups is 1. The Morgan fingerprint density at radius 1 is 1.24 bits per heavy atom. The number of imide groups is 1. The highest BCUT2D eigenvalue weighted by molar-refractivity contribution is 6.10. The topological polar surface area (TPSA) is 105 Å². The van der Waals surface area contributed by atoms with E-state index < -0.39 is 23.4 Å². The maximum absolute atomic E-state index is 12.9. The van der Waals surface area contributed by atoms with Crippen molar-refractivity contribution in [3.63, 3.8) is 0 Å². The van der Waals surface area contributed by atoms with Crippen molar-refractivity contribution in [2.75, 3.05) is 18.5 Å². The van der Waals surface area contributed by atoms with E-state index in [1.807, 2.05) is 13.8 Å². The number of benzene rings is 1. The van der Waals surface area contributed by atoms with E-state index in [0.29, 0.717) is 24.3 Å². The Morgan fingerprint density at radius 3 is 2.62 bits per heavy atom. The Labute approximate surface area is 170 Å². The molecule has 2 aliphatic rings. The molecule has 1 spiro atoms. The fourth-order valence-corrected chi connectivity index (χ4v) is 3.95. The van der Waals surface area contributed by atoms with Crippen LogP contribution in [-0.2, 0) is 14.3 Å². The lowest BCUT2D eigenvalue weighted by Crippen LogP contribution is -2.54. The summed E-state index contributed by atoms with van der Waals surface area (Å²) >= 11 is 0. The molecule has 2 N–H and O–H groups in total. The molecule has 0 aromatic heterocycles. The molecule has 1 heterocycles. The number of hydrogen-bond acceptors (Lipinski definition) is 5. The van der Waals surface area contributed by atoms with Gasteiger partial charge in [0.25, 0.3) is 5.91 Å². The molecule has 1 aliphatic carbocycles. The molecule has 8 nitrogen and oxygen atoms in total. The molecule has 1 aromatic carbocycles. The first-order valence-corrected chi connectivity index (χ1v) is 10.1. The quantitative estimate of drug-likeness (QED) is 0.563. The van der Waals surface area contributed by atoms with Gasteiger partial charge in [0.2, 0.25) is 5.91 Å². The van der Waals surface area contributed by atoms with Gasteiger partial charge < -0.3 is 15.4 Å². The first-order valence-electron chi connectivity index (χ1n) is 10.1. The number of amides is 4. The second-order valence-corrected chi connectivity index (χ2v) is 7.70. The molecule has 1 aliphatic heterocycles. The number of nitrogens with zero attached hydrogens (tertiary/aromatic N) is 1. The van der Waals surface area contributed by atoms with Crippen molar-refractivity contribution >= 4 is 29.5 Å². The fraction of sp³-hybridized carbons (Fsp3) is 0.524. The fourth-order valence-electron chi connectivity index (χ4n) is 3.95. The zero-order valence-corrected chi connectivity index (χ0v) is 16.8. The number of nitrogens with one attached hydrogen (secondary N) is 2. The van der Waals surface area contributed by atoms with Crippen molar-refractivity contribution in [1.82, 2.24) is 10.2 Å². The van der Waals surface area contributed by atoms with Gasteiger partial charge in [-0.1, -0.05) is 26.7 Å². The first kappa shape index (κ1) is 20.8. The molecular weight excluding hydrogens is 374 g/mol. The predicted octanol–water partition coefficient (Wildman–Crippen LogP) is 2.69. The van der Waals surface area contributed by atoms with Crippen LogP contribution < -0.4 is 10.6 Å². The first-order chi connectivity index (χ1) is 13.9. The number of ether oxygens (including phenoxy) is 1. The smallest absolute Gasteiger partial charge is 0.338 e. The standard InChI is InChI=1S/C21H27N3O5/c1-3-12-29-18(26)15-7-9-16(10-8-15)22-17(25)13-24-19(27)21(23-20(24)28)11-5-4-6-14(21)2/h7-10,14H,3-6,11-13H2,1-2H3,(H,22,25)(H,23,28)/t14-,21-/m0/s1. The summed E-state index contributed by atoms with van der Waals surface area (Å²) in [6, 6.07) is 5.75. The largest absolute Gasteiger partial charge is 0.462 e. The predicted molar refractivity (Wildman–Crippen MR) is 106 cm³/mol. The van der Waals surface area contributed by atoms with Crippen LogP contribution in [0.15, 0.2) is 24.3 Å². The van der Waals surface area contributed by atoms with E-state index in [0.717, 1.165) is 30.6 Å². The number of carbonyl (C=O) groups is 4. The van der Waals surface area contributed by atoms with Crippen molar-refractivity contribution in [2.45, 2.75) is 51.5 Å². The van der Waals surface area contributed by atoms with E-state index in [9.17, 15) is 19.2 Å². The molecule has 0 bridgehead atoms. The van der Waals surface area contributed by atoms with Crippen LogP contribution in [0.4, 0.5) is 10.5 Å². The van der Waals surface area contributed by atoms with E-state index in [2.05, 4.69) is 10.6 Å². The summed E-state index contributed by atoms with van der Waals surface area (Å²) < 4.78 is 5.06. The average molecular weight is 401 g/mol. The minimum atomic E-state index is -0.879. The van der Waals surface area contributed by atoms with Gasteiger partial charge in [-0.3, -0.25) is 14.5 Å². The number of rotatable bonds is 6. The van der Waals surface area contributed by atoms with Crippen LogP contribution in [0.1, 0.15) is 56.3 Å². The lowest BCUT2D eigenvalue weighted by Gasteiger charge is -2.36. The summed E-state index contributed by atoms with van der Waals surface area (Å²) in [5.41, 5.74) is -0.0237. The van der Waals surface area contributed by atoms with Gasteiger partial charge >= 0.3 is 12.0 Å². The third-order valence-electron chi connectivity index (χ3n) is 5.64. The van der Waals surface area contributed by atoms with E-state index in [4.69, 9.17) is 4.74 Å². The molecule has 29 heavy (non-hydrogen) atoms. The highest BCUT2D eigenvalue weighted by Gasteiger charge is 2.55. The Bertz CT molecular complexity index is 807. The van der Waals surface area contributed by atoms with E-state index in [1.165, 1.54) is 0 Å². The summed E-state index contributed by atoms with van der Waals surface area (Å²) in [5.74, 6) is -1.18. The molecule has 4 amide bonds. The SMILES string of the molecule is CCCOC(=O)c1ccc(NC(=O)CN2C(=O)N[C@]3(CCCC[C@@H]3C)C2=O)cc1. The van der Waals surface area contributed by atoms with Gasteiger partial charge in [0.05, 0.1) is 12.2 Å². The minimum absolute atomic E-state index is 0.0424. The summed E-state index contributed by atoms with van der Waals surface area (Å²) in [6.45, 7) is 3.88. The monoisotopic (exact) mass is 401 g/mol. The van der Waals surface area contributed by atoms with Gasteiger partial charge in [-0.15, -0.1) is 0 Å². The molecule has 0 unspecified atom stereocenters. The number of anilines is 1. The van der Waals surface area contributed by atoms with E-state index in [-0.39, 0.29) is 18.4 Å². The molecule has 2 fully saturated rings. The van der Waals surface area contributed by atoms with Crippen molar-refractivity contribution in [1.29, 1.82) is 0 Å². The third-order valence-corrected chi connectivity index (χ3v) is 5.64. The zero-order valence-electron chi connectivity index (χ0n) is 16.8. The van der Waals surface area contributed by atoms with Crippen LogP contribution in [0.2, 0.25) is 0 Å². The Morgan fingerprint density at radius 2 is 1.97 bits per heavy atom. The lowest BCUT2D eigenvalue weighted by atomic mass is 9.73. The Hall–Kier alpha value is -2.90. The van der Waals surface area contributed by atoms with Gasteiger partial charge in [-0.05, 0) is 49.4 Å². The van der Waals surface area contributed by atoms with Gasteiger partial charge in [-0.25, -0.2) is 9.59 Å². The number of hydrogen-bond donors (Lipinski definition) is 2. The molecule has 3 rings (SSSR count). The van der Waals surface area contributed by atoms with E-state index >= 15 is 0 Å². The molecule has 1 aromatic rings. The van der Waals surface area contributed by atoms with Gasteiger partial charge in [0.1, 0.15) is 12.1 Å². The van der Waals surface area contributed by atoms with Crippen molar-refractivity contribution in [3.8, 4) is 0 Å². The third kappa shape index (κ3) is 4.26. The number of esters is 1. The van der Waals surface area contributed by atoms with Crippen molar-refractivity contribution < 1.29 is 23.9 Å². The molecule has 1 saturated heterocycles. The van der Waals surface area contributed by atoms with Crippen LogP contribution in [0.25, 0.3) is 0 Å². The van der Waals surface area contributed by atoms with Crippen LogP contribution >= 0.6 is 0 Å². The average Bonchev–Trinajstić information content (AvgIpc) is 2.94. The normalized spacial score (nSPS) is 23.8. The molecule has 156 valence electrons. The highest BCUT2D eigenvalue weighted by atomic mass is 16.5. The van der Waals surface area contributed by atoms with Gasteiger partial charge in [-0.2, -0.15) is 0 Å². The van der Waals surface area contributed by atoms with Crippen LogP contribution in [0, 0.1) is 5.92 Å². The van der Waals surface area contributed by atoms with Gasteiger partial charge in [0.15, 0.2) is 0 Å². The maximum Gasteiger partial charge on any atom is 0.338 e. The zero-order chi connectivity index (χ0) is 21.0. The van der Waals surface area contributed by atoms with Crippen LogP contribution in [-0.4, -0.2) is 47.4 Å². The molecule has 2 atom stereocenters.